The minimum absolute atomic E-state index is 0.110. The van der Waals surface area contributed by atoms with Gasteiger partial charge in [0.25, 0.3) is 5.91 Å². The van der Waals surface area contributed by atoms with Crippen molar-refractivity contribution in [1.29, 1.82) is 0 Å². The number of carboxylic acids is 1. The number of hydrogen-bond acceptors (Lipinski definition) is 3. The predicted molar refractivity (Wildman–Crippen MR) is 68.1 cm³/mol. The van der Waals surface area contributed by atoms with E-state index in [2.05, 4.69) is 0 Å². The van der Waals surface area contributed by atoms with Crippen molar-refractivity contribution in [1.82, 2.24) is 4.90 Å². The molecule has 0 unspecified atom stereocenters. The third-order valence-corrected chi connectivity index (χ3v) is 3.43. The van der Waals surface area contributed by atoms with Crippen LogP contribution >= 0.6 is 0 Å². The number of piperidine rings is 1. The molecule has 1 fully saturated rings. The molecule has 0 aliphatic carbocycles. The Morgan fingerprint density at radius 3 is 2.21 bits per heavy atom. The minimum Gasteiger partial charge on any atom is -0.481 e. The van der Waals surface area contributed by atoms with Crippen molar-refractivity contribution in [2.24, 2.45) is 5.92 Å². The van der Waals surface area contributed by atoms with Crippen molar-refractivity contribution in [3.05, 3.63) is 35.4 Å². The first kappa shape index (κ1) is 13.3. The number of aldehydes is 1. The topological polar surface area (TPSA) is 74.7 Å². The lowest BCUT2D eigenvalue weighted by Gasteiger charge is -2.30. The lowest BCUT2D eigenvalue weighted by molar-refractivity contribution is -0.143. The fraction of sp³-hybridized carbons (Fsp3) is 0.357. The molecule has 1 aromatic rings. The van der Waals surface area contributed by atoms with Gasteiger partial charge in [-0.25, -0.2) is 0 Å². The van der Waals surface area contributed by atoms with Gasteiger partial charge in [0.05, 0.1) is 5.92 Å². The maximum Gasteiger partial charge on any atom is 0.306 e. The van der Waals surface area contributed by atoms with Crippen molar-refractivity contribution in [3.63, 3.8) is 0 Å². The molecule has 0 radical (unpaired) electrons. The molecule has 1 N–H and O–H groups in total. The fourth-order valence-electron chi connectivity index (χ4n) is 2.22. The highest BCUT2D eigenvalue weighted by Crippen LogP contribution is 2.19. The Balaban J connectivity index is 2.00. The number of aliphatic carboxylic acids is 1. The van der Waals surface area contributed by atoms with Crippen LogP contribution in [0.15, 0.2) is 24.3 Å². The molecule has 0 bridgehead atoms. The van der Waals surface area contributed by atoms with Crippen molar-refractivity contribution >= 4 is 18.2 Å². The Morgan fingerprint density at radius 1 is 1.16 bits per heavy atom. The number of rotatable bonds is 3. The van der Waals surface area contributed by atoms with Gasteiger partial charge >= 0.3 is 5.97 Å². The molecule has 0 atom stereocenters. The van der Waals surface area contributed by atoms with E-state index in [-0.39, 0.29) is 11.8 Å². The first-order valence-corrected chi connectivity index (χ1v) is 6.19. The van der Waals surface area contributed by atoms with Gasteiger partial charge in [-0.05, 0) is 25.0 Å². The number of carbonyl (C=O) groups excluding carboxylic acids is 2. The average Bonchev–Trinajstić information content (AvgIpc) is 2.46. The Kier molecular flexibility index (Phi) is 3.94. The van der Waals surface area contributed by atoms with Crippen molar-refractivity contribution in [2.75, 3.05) is 13.1 Å². The summed E-state index contributed by atoms with van der Waals surface area (Å²) in [5.41, 5.74) is 1.06. The molecular weight excluding hydrogens is 246 g/mol. The van der Waals surface area contributed by atoms with E-state index in [9.17, 15) is 14.4 Å². The van der Waals surface area contributed by atoms with Crippen molar-refractivity contribution in [2.45, 2.75) is 12.8 Å². The minimum atomic E-state index is -0.789. The average molecular weight is 261 g/mol. The molecule has 0 aromatic heterocycles. The zero-order chi connectivity index (χ0) is 13.8. The molecular formula is C14H15NO4. The summed E-state index contributed by atoms with van der Waals surface area (Å²) in [6, 6.07) is 6.44. The van der Waals surface area contributed by atoms with Gasteiger partial charge in [-0.15, -0.1) is 0 Å². The summed E-state index contributed by atoms with van der Waals surface area (Å²) in [6.07, 6.45) is 1.72. The van der Waals surface area contributed by atoms with Gasteiger partial charge in [-0.3, -0.25) is 14.4 Å². The van der Waals surface area contributed by atoms with Crippen LogP contribution < -0.4 is 0 Å². The summed E-state index contributed by atoms with van der Waals surface area (Å²) in [5.74, 6) is -1.25. The fourth-order valence-corrected chi connectivity index (χ4v) is 2.22. The van der Waals surface area contributed by atoms with Crippen LogP contribution in [0.5, 0.6) is 0 Å². The van der Waals surface area contributed by atoms with E-state index in [1.165, 1.54) is 0 Å². The van der Waals surface area contributed by atoms with E-state index in [1.807, 2.05) is 0 Å². The molecule has 1 amide bonds. The van der Waals surface area contributed by atoms with Gasteiger partial charge in [0.1, 0.15) is 6.29 Å². The molecule has 1 aromatic carbocycles. The molecule has 5 heteroatoms. The number of carboxylic acid groups (broad SMARTS) is 1. The monoisotopic (exact) mass is 261 g/mol. The number of nitrogens with zero attached hydrogens (tertiary/aromatic N) is 1. The second kappa shape index (κ2) is 5.65. The molecule has 1 aliphatic heterocycles. The predicted octanol–water partition coefficient (Wildman–Crippen LogP) is 1.44. The van der Waals surface area contributed by atoms with Crippen LogP contribution in [0, 0.1) is 5.92 Å². The molecule has 1 saturated heterocycles. The van der Waals surface area contributed by atoms with E-state index in [1.54, 1.807) is 29.2 Å². The first-order valence-electron chi connectivity index (χ1n) is 6.19. The van der Waals surface area contributed by atoms with Crippen LogP contribution in [-0.2, 0) is 4.79 Å². The van der Waals surface area contributed by atoms with Crippen LogP contribution in [0.2, 0.25) is 0 Å². The van der Waals surface area contributed by atoms with E-state index in [0.29, 0.717) is 37.1 Å². The first-order chi connectivity index (χ1) is 9.11. The largest absolute Gasteiger partial charge is 0.481 e. The Morgan fingerprint density at radius 2 is 1.74 bits per heavy atom. The zero-order valence-corrected chi connectivity index (χ0v) is 10.4. The summed E-state index contributed by atoms with van der Waals surface area (Å²) < 4.78 is 0. The standard InChI is InChI=1S/C14H15NO4/c16-9-10-1-3-11(4-2-10)13(17)15-7-5-12(6-8-15)14(18)19/h1-4,9,12H,5-8H2,(H,18,19). The third-order valence-electron chi connectivity index (χ3n) is 3.43. The van der Waals surface area contributed by atoms with Gasteiger partial charge in [0.15, 0.2) is 0 Å². The number of amides is 1. The maximum absolute atomic E-state index is 12.2. The van der Waals surface area contributed by atoms with Gasteiger partial charge in [-0.2, -0.15) is 0 Å². The third kappa shape index (κ3) is 2.99. The normalized spacial score (nSPS) is 16.1. The highest BCUT2D eigenvalue weighted by molar-refractivity contribution is 5.95. The van der Waals surface area contributed by atoms with Crippen LogP contribution in [-0.4, -0.2) is 41.3 Å². The second-order valence-electron chi connectivity index (χ2n) is 4.64. The molecule has 1 aliphatic rings. The highest BCUT2D eigenvalue weighted by Gasteiger charge is 2.27. The van der Waals surface area contributed by atoms with Crippen molar-refractivity contribution in [3.8, 4) is 0 Å². The van der Waals surface area contributed by atoms with Gasteiger partial charge < -0.3 is 10.0 Å². The molecule has 19 heavy (non-hydrogen) atoms. The van der Waals surface area contributed by atoms with E-state index in [0.717, 1.165) is 6.29 Å². The molecule has 0 spiro atoms. The van der Waals surface area contributed by atoms with Crippen LogP contribution in [0.25, 0.3) is 0 Å². The smallest absolute Gasteiger partial charge is 0.306 e. The second-order valence-corrected chi connectivity index (χ2v) is 4.64. The molecule has 2 rings (SSSR count). The Hall–Kier alpha value is -2.17. The van der Waals surface area contributed by atoms with Crippen molar-refractivity contribution < 1.29 is 19.5 Å². The number of benzene rings is 1. The maximum atomic E-state index is 12.2. The van der Waals surface area contributed by atoms with E-state index in [4.69, 9.17) is 5.11 Å². The van der Waals surface area contributed by atoms with Gasteiger partial charge in [0, 0.05) is 24.2 Å². The summed E-state index contributed by atoms with van der Waals surface area (Å²) in [7, 11) is 0. The number of carbonyl (C=O) groups is 3. The van der Waals surface area contributed by atoms with Gasteiger partial charge in [-0.1, -0.05) is 12.1 Å². The van der Waals surface area contributed by atoms with E-state index < -0.39 is 5.97 Å². The Bertz CT molecular complexity index is 487. The van der Waals surface area contributed by atoms with Crippen LogP contribution in [0.4, 0.5) is 0 Å². The van der Waals surface area contributed by atoms with Crippen LogP contribution in [0.3, 0.4) is 0 Å². The summed E-state index contributed by atoms with van der Waals surface area (Å²) in [6.45, 7) is 0.927. The number of hydrogen-bond donors (Lipinski definition) is 1. The summed E-state index contributed by atoms with van der Waals surface area (Å²) >= 11 is 0. The highest BCUT2D eigenvalue weighted by atomic mass is 16.4. The number of likely N-dealkylation sites (tertiary alicyclic amines) is 1. The lowest BCUT2D eigenvalue weighted by Crippen LogP contribution is -2.40. The zero-order valence-electron chi connectivity index (χ0n) is 10.4. The molecule has 100 valence electrons. The quantitative estimate of drug-likeness (QED) is 0.835. The Labute approximate surface area is 110 Å². The van der Waals surface area contributed by atoms with E-state index >= 15 is 0 Å². The molecule has 5 nitrogen and oxygen atoms in total. The summed E-state index contributed by atoms with van der Waals surface area (Å²) in [5, 5.41) is 8.90. The van der Waals surface area contributed by atoms with Crippen LogP contribution in [0.1, 0.15) is 33.6 Å². The lowest BCUT2D eigenvalue weighted by atomic mass is 9.96. The molecule has 1 heterocycles. The summed E-state index contributed by atoms with van der Waals surface area (Å²) in [4.78, 5) is 35.2. The molecule has 0 saturated carbocycles. The SMILES string of the molecule is O=Cc1ccc(C(=O)N2CCC(C(=O)O)CC2)cc1. The van der Waals surface area contributed by atoms with Gasteiger partial charge in [0.2, 0.25) is 0 Å².